The van der Waals surface area contributed by atoms with Gasteiger partial charge in [-0.2, -0.15) is 0 Å². The van der Waals surface area contributed by atoms with Crippen molar-refractivity contribution in [1.29, 1.82) is 0 Å². The molecule has 0 N–H and O–H groups in total. The van der Waals surface area contributed by atoms with Crippen LogP contribution in [0.2, 0.25) is 0 Å². The van der Waals surface area contributed by atoms with Crippen molar-refractivity contribution in [2.24, 2.45) is 0 Å². The van der Waals surface area contributed by atoms with Crippen LogP contribution in [0.25, 0.3) is 11.1 Å². The lowest BCUT2D eigenvalue weighted by atomic mass is 10.0. The van der Waals surface area contributed by atoms with Crippen molar-refractivity contribution in [2.75, 3.05) is 0 Å². The zero-order valence-corrected chi connectivity index (χ0v) is 15.7. The van der Waals surface area contributed by atoms with E-state index in [4.69, 9.17) is 4.74 Å². The molecule has 0 radical (unpaired) electrons. The summed E-state index contributed by atoms with van der Waals surface area (Å²) in [6, 6.07) is 14.7. The lowest BCUT2D eigenvalue weighted by Crippen LogP contribution is -1.98. The van der Waals surface area contributed by atoms with E-state index in [1.54, 1.807) is 37.3 Å². The molecule has 0 atom stereocenters. The first-order chi connectivity index (χ1) is 13.5. The Morgan fingerprint density at radius 2 is 1.68 bits per heavy atom. The van der Waals surface area contributed by atoms with Gasteiger partial charge in [-0.05, 0) is 60.4 Å². The van der Waals surface area contributed by atoms with Gasteiger partial charge in [0.1, 0.15) is 18.2 Å². The van der Waals surface area contributed by atoms with Crippen LogP contribution >= 0.6 is 0 Å². The van der Waals surface area contributed by atoms with Crippen molar-refractivity contribution >= 4 is 0 Å². The number of hydrogen-bond donors (Lipinski definition) is 0. The molecule has 0 aliphatic heterocycles. The fraction of sp³-hybridized carbons (Fsp3) is 0.167. The fourth-order valence-corrected chi connectivity index (χ4v) is 2.87. The van der Waals surface area contributed by atoms with Crippen LogP contribution in [-0.2, 0) is 13.0 Å². The average Bonchev–Trinajstić information content (AvgIpc) is 2.71. The van der Waals surface area contributed by atoms with Crippen molar-refractivity contribution < 1.29 is 22.2 Å². The number of halogens is 3. The molecule has 148 valence electrons. The Morgan fingerprint density at radius 1 is 0.929 bits per heavy atom. The lowest BCUT2D eigenvalue weighted by Gasteiger charge is -2.10. The Kier molecular flexibility index (Phi) is 6.06. The van der Waals surface area contributed by atoms with E-state index >= 15 is 0 Å². The van der Waals surface area contributed by atoms with Crippen molar-refractivity contribution in [2.45, 2.75) is 26.9 Å². The summed E-state index contributed by atoms with van der Waals surface area (Å²) in [6.45, 7) is 3.68. The minimum atomic E-state index is -0.954. The first-order valence-electron chi connectivity index (χ1n) is 8.94. The SMILES string of the molecule is CC#Cc1ccc(-c2ccc(OCc3ccc(CC)c(F)c3)cc2)c(F)c1F.[HH].[HH].[HH]. The Morgan fingerprint density at radius 3 is 2.32 bits per heavy atom. The van der Waals surface area contributed by atoms with Gasteiger partial charge < -0.3 is 4.74 Å². The van der Waals surface area contributed by atoms with Crippen molar-refractivity contribution in [3.63, 3.8) is 0 Å². The van der Waals surface area contributed by atoms with Gasteiger partial charge in [-0.3, -0.25) is 0 Å². The molecule has 1 nitrogen and oxygen atoms in total. The van der Waals surface area contributed by atoms with Crippen molar-refractivity contribution in [1.82, 2.24) is 0 Å². The molecule has 0 heterocycles. The molecule has 0 saturated carbocycles. The summed E-state index contributed by atoms with van der Waals surface area (Å²) in [7, 11) is 0. The van der Waals surface area contributed by atoms with Crippen molar-refractivity contribution in [3.8, 4) is 28.7 Å². The molecule has 0 aliphatic rings. The highest BCUT2D eigenvalue weighted by Crippen LogP contribution is 2.28. The summed E-state index contributed by atoms with van der Waals surface area (Å²) in [5.74, 6) is 3.52. The highest BCUT2D eigenvalue weighted by molar-refractivity contribution is 5.66. The third kappa shape index (κ3) is 4.20. The summed E-state index contributed by atoms with van der Waals surface area (Å²) in [6.07, 6.45) is 0.636. The Bertz CT molecular complexity index is 1060. The normalized spacial score (nSPS) is 10.3. The van der Waals surface area contributed by atoms with Crippen LogP contribution < -0.4 is 4.74 Å². The van der Waals surface area contributed by atoms with Crippen LogP contribution in [0, 0.1) is 29.3 Å². The Labute approximate surface area is 167 Å². The molecule has 28 heavy (non-hydrogen) atoms. The molecule has 3 rings (SSSR count). The van der Waals surface area contributed by atoms with Crippen LogP contribution in [0.15, 0.2) is 54.6 Å². The molecule has 0 bridgehead atoms. The zero-order chi connectivity index (χ0) is 20.1. The van der Waals surface area contributed by atoms with Crippen LogP contribution in [0.5, 0.6) is 5.75 Å². The average molecular weight is 386 g/mol. The van der Waals surface area contributed by atoms with Gasteiger partial charge in [-0.25, -0.2) is 13.2 Å². The van der Waals surface area contributed by atoms with Gasteiger partial charge in [0.15, 0.2) is 11.6 Å². The smallest absolute Gasteiger partial charge is 0.175 e. The third-order valence-electron chi connectivity index (χ3n) is 4.41. The second kappa shape index (κ2) is 8.67. The largest absolute Gasteiger partial charge is 0.489 e. The number of aryl methyl sites for hydroxylation is 1. The zero-order valence-electron chi connectivity index (χ0n) is 15.7. The first-order valence-corrected chi connectivity index (χ1v) is 8.94. The predicted molar refractivity (Wildman–Crippen MR) is 111 cm³/mol. The number of ether oxygens (including phenoxy) is 1. The van der Waals surface area contributed by atoms with E-state index in [-0.39, 0.29) is 27.8 Å². The minimum absolute atomic E-state index is 0. The third-order valence-corrected chi connectivity index (χ3v) is 4.41. The predicted octanol–water partition coefficient (Wildman–Crippen LogP) is 7.02. The van der Waals surface area contributed by atoms with Crippen LogP contribution in [-0.4, -0.2) is 0 Å². The number of hydrogen-bond acceptors (Lipinski definition) is 1. The highest BCUT2D eigenvalue weighted by Gasteiger charge is 2.14. The summed E-state index contributed by atoms with van der Waals surface area (Å²) in [4.78, 5) is 0. The molecule has 3 aromatic carbocycles. The van der Waals surface area contributed by atoms with Crippen LogP contribution in [0.4, 0.5) is 13.2 Å². The molecule has 0 aliphatic carbocycles. The summed E-state index contributed by atoms with van der Waals surface area (Å²) >= 11 is 0. The quantitative estimate of drug-likeness (QED) is 0.428. The first kappa shape index (κ1) is 19.6. The van der Waals surface area contributed by atoms with Gasteiger partial charge >= 0.3 is 0 Å². The maximum Gasteiger partial charge on any atom is 0.175 e. The van der Waals surface area contributed by atoms with Crippen molar-refractivity contribution in [3.05, 3.63) is 88.7 Å². The van der Waals surface area contributed by atoms with E-state index in [0.717, 1.165) is 5.56 Å². The van der Waals surface area contributed by atoms with E-state index in [2.05, 4.69) is 11.8 Å². The second-order valence-electron chi connectivity index (χ2n) is 6.26. The number of benzene rings is 3. The Balaban J connectivity index is 0.00000300. The summed E-state index contributed by atoms with van der Waals surface area (Å²) in [5.41, 5.74) is 2.10. The molecular weight excluding hydrogens is 361 g/mol. The van der Waals surface area contributed by atoms with E-state index in [0.29, 0.717) is 23.3 Å². The molecule has 0 saturated heterocycles. The standard InChI is InChI=1S/C24H19F3O.3H2/c1-3-5-19-10-13-21(24(27)23(19)26)18-8-11-20(12-9-18)28-15-16-6-7-17(4-2)22(25)14-16;;;/h6-14H,4,15H2,1-2H3;3*1H. The lowest BCUT2D eigenvalue weighted by molar-refractivity contribution is 0.305. The van der Waals surface area contributed by atoms with Gasteiger partial charge in [0.2, 0.25) is 0 Å². The Hall–Kier alpha value is -3.19. The van der Waals surface area contributed by atoms with Gasteiger partial charge in [0.25, 0.3) is 0 Å². The number of rotatable bonds is 5. The topological polar surface area (TPSA) is 9.23 Å². The van der Waals surface area contributed by atoms with Gasteiger partial charge in [0.05, 0.1) is 5.56 Å². The summed E-state index contributed by atoms with van der Waals surface area (Å²) in [5, 5.41) is 0. The van der Waals surface area contributed by atoms with E-state index < -0.39 is 11.6 Å². The monoisotopic (exact) mass is 386 g/mol. The highest BCUT2D eigenvalue weighted by atomic mass is 19.2. The molecule has 0 amide bonds. The van der Waals surface area contributed by atoms with Gasteiger partial charge in [-0.15, -0.1) is 5.92 Å². The molecular formula is C24H25F3O. The minimum Gasteiger partial charge on any atom is -0.489 e. The van der Waals surface area contributed by atoms with Gasteiger partial charge in [0, 0.05) is 9.84 Å². The maximum absolute atomic E-state index is 14.3. The van der Waals surface area contributed by atoms with Crippen LogP contribution in [0.1, 0.15) is 34.8 Å². The van der Waals surface area contributed by atoms with Gasteiger partial charge in [-0.1, -0.05) is 37.1 Å². The maximum atomic E-state index is 14.3. The molecule has 0 unspecified atom stereocenters. The molecule has 0 aromatic heterocycles. The molecule has 3 aromatic rings. The molecule has 0 spiro atoms. The molecule has 0 fully saturated rings. The van der Waals surface area contributed by atoms with Crippen LogP contribution in [0.3, 0.4) is 0 Å². The van der Waals surface area contributed by atoms with E-state index in [1.165, 1.54) is 18.2 Å². The second-order valence-corrected chi connectivity index (χ2v) is 6.26. The van der Waals surface area contributed by atoms with E-state index in [1.807, 2.05) is 13.0 Å². The molecule has 4 heteroatoms. The fourth-order valence-electron chi connectivity index (χ4n) is 2.87. The van der Waals surface area contributed by atoms with E-state index in [9.17, 15) is 13.2 Å². The summed E-state index contributed by atoms with van der Waals surface area (Å²) < 4.78 is 47.9.